The second-order valence-electron chi connectivity index (χ2n) is 5.07. The van der Waals surface area contributed by atoms with Crippen molar-refractivity contribution in [3.05, 3.63) is 35.4 Å². The van der Waals surface area contributed by atoms with E-state index in [4.69, 9.17) is 4.84 Å². The van der Waals surface area contributed by atoms with Gasteiger partial charge in [0, 0.05) is 12.8 Å². The van der Waals surface area contributed by atoms with E-state index in [2.05, 4.69) is 15.5 Å². The zero-order valence-electron chi connectivity index (χ0n) is 12.8. The molecule has 0 bridgehead atoms. The first kappa shape index (κ1) is 16.8. The predicted molar refractivity (Wildman–Crippen MR) is 88.6 cm³/mol. The van der Waals surface area contributed by atoms with Crippen molar-refractivity contribution in [2.75, 3.05) is 5.75 Å². The third-order valence-electron chi connectivity index (χ3n) is 3.24. The first-order valence-corrected chi connectivity index (χ1v) is 8.23. The predicted octanol–water partition coefficient (Wildman–Crippen LogP) is 0.460. The summed E-state index contributed by atoms with van der Waals surface area (Å²) < 4.78 is 0. The zero-order valence-corrected chi connectivity index (χ0v) is 13.6. The van der Waals surface area contributed by atoms with Gasteiger partial charge in [-0.1, -0.05) is 23.9 Å². The summed E-state index contributed by atoms with van der Waals surface area (Å²) in [7, 11) is 0. The number of carbonyl (C=O) groups is 4. The molecular weight excluding hydrogens is 348 g/mol. The molecule has 3 rings (SSSR count). The number of nitrogens with one attached hydrogen (secondary N) is 1. The van der Waals surface area contributed by atoms with Crippen LogP contribution in [0.15, 0.2) is 34.5 Å². The Morgan fingerprint density at radius 1 is 1.24 bits per heavy atom. The smallest absolute Gasteiger partial charge is 0.325 e. The molecule has 25 heavy (non-hydrogen) atoms. The van der Waals surface area contributed by atoms with Crippen molar-refractivity contribution in [2.24, 2.45) is 10.2 Å². The maximum absolute atomic E-state index is 12.1. The molecule has 1 aromatic carbocycles. The Balaban J connectivity index is 1.66. The minimum absolute atomic E-state index is 0.0354. The van der Waals surface area contributed by atoms with Gasteiger partial charge < -0.3 is 10.2 Å². The summed E-state index contributed by atoms with van der Waals surface area (Å²) >= 11 is 1.24. The standard InChI is InChI=1S/C15H12N4O5S/c20-11-8-25-15(17-11)18-16-7-9-2-1-3-10(6-9)14(23)24-19-12(21)4-5-13(19)22/h1-3,6-7H,4-5,8H2,(H,17,18,20). The van der Waals surface area contributed by atoms with Crippen molar-refractivity contribution in [1.29, 1.82) is 0 Å². The number of hydroxylamine groups is 2. The van der Waals surface area contributed by atoms with E-state index in [1.54, 1.807) is 12.1 Å². The molecule has 2 saturated heterocycles. The summed E-state index contributed by atoms with van der Waals surface area (Å²) in [5.41, 5.74) is 0.722. The summed E-state index contributed by atoms with van der Waals surface area (Å²) in [5, 5.41) is 11.1. The lowest BCUT2D eigenvalue weighted by atomic mass is 10.1. The van der Waals surface area contributed by atoms with Crippen molar-refractivity contribution < 1.29 is 24.0 Å². The highest BCUT2D eigenvalue weighted by Crippen LogP contribution is 2.15. The minimum atomic E-state index is -0.816. The number of thioether (sulfide) groups is 1. The lowest BCUT2D eigenvalue weighted by molar-refractivity contribution is -0.172. The molecule has 0 atom stereocenters. The van der Waals surface area contributed by atoms with Crippen LogP contribution in [0, 0.1) is 0 Å². The fourth-order valence-electron chi connectivity index (χ4n) is 2.07. The number of amides is 3. The summed E-state index contributed by atoms with van der Waals surface area (Å²) in [6, 6.07) is 6.26. The van der Waals surface area contributed by atoms with Gasteiger partial charge >= 0.3 is 5.97 Å². The number of carbonyl (C=O) groups excluding carboxylic acids is 4. The maximum Gasteiger partial charge on any atom is 0.363 e. The number of nitrogens with zero attached hydrogens (tertiary/aromatic N) is 3. The molecule has 3 amide bonds. The Bertz CT molecular complexity index is 804. The molecule has 0 radical (unpaired) electrons. The Morgan fingerprint density at radius 3 is 2.68 bits per heavy atom. The highest BCUT2D eigenvalue weighted by Gasteiger charge is 2.33. The molecule has 0 aromatic heterocycles. The highest BCUT2D eigenvalue weighted by molar-refractivity contribution is 8.15. The van der Waals surface area contributed by atoms with E-state index in [1.165, 1.54) is 30.1 Å². The van der Waals surface area contributed by atoms with Crippen LogP contribution in [-0.4, -0.2) is 45.9 Å². The van der Waals surface area contributed by atoms with Crippen molar-refractivity contribution in [2.45, 2.75) is 12.8 Å². The number of benzene rings is 1. The number of hydrogen-bond acceptors (Lipinski definition) is 8. The topological polar surface area (TPSA) is 118 Å². The fourth-order valence-corrected chi connectivity index (χ4v) is 2.70. The van der Waals surface area contributed by atoms with Crippen molar-refractivity contribution in [3.8, 4) is 0 Å². The normalized spacial score (nSPS) is 19.1. The molecule has 0 unspecified atom stereocenters. The van der Waals surface area contributed by atoms with Gasteiger partial charge in [-0.3, -0.25) is 14.4 Å². The molecule has 2 aliphatic heterocycles. The number of rotatable bonds is 4. The van der Waals surface area contributed by atoms with E-state index >= 15 is 0 Å². The average molecular weight is 360 g/mol. The molecule has 128 valence electrons. The van der Waals surface area contributed by atoms with Crippen LogP contribution in [-0.2, 0) is 19.2 Å². The van der Waals surface area contributed by atoms with E-state index in [0.717, 1.165) is 0 Å². The van der Waals surface area contributed by atoms with Gasteiger partial charge in [0.25, 0.3) is 11.8 Å². The van der Waals surface area contributed by atoms with Crippen LogP contribution in [0.25, 0.3) is 0 Å². The fraction of sp³-hybridized carbons (Fsp3) is 0.200. The van der Waals surface area contributed by atoms with Crippen LogP contribution >= 0.6 is 11.8 Å². The summed E-state index contributed by atoms with van der Waals surface area (Å²) in [5.74, 6) is -1.71. The Morgan fingerprint density at radius 2 is 2.00 bits per heavy atom. The molecule has 1 N–H and O–H groups in total. The molecule has 1 aromatic rings. The zero-order chi connectivity index (χ0) is 17.8. The van der Waals surface area contributed by atoms with Crippen LogP contribution in [0.5, 0.6) is 0 Å². The van der Waals surface area contributed by atoms with Gasteiger partial charge in [-0.15, -0.1) is 10.2 Å². The monoisotopic (exact) mass is 360 g/mol. The maximum atomic E-state index is 12.1. The molecule has 0 aliphatic carbocycles. The van der Waals surface area contributed by atoms with Gasteiger partial charge in [-0.05, 0) is 17.7 Å². The number of imide groups is 1. The van der Waals surface area contributed by atoms with Crippen LogP contribution < -0.4 is 5.32 Å². The van der Waals surface area contributed by atoms with Gasteiger partial charge in [0.1, 0.15) is 0 Å². The molecular formula is C15H12N4O5S. The first-order chi connectivity index (χ1) is 12.0. The van der Waals surface area contributed by atoms with Crippen molar-refractivity contribution in [3.63, 3.8) is 0 Å². The first-order valence-electron chi connectivity index (χ1n) is 7.25. The van der Waals surface area contributed by atoms with Crippen molar-refractivity contribution >= 4 is 46.8 Å². The van der Waals surface area contributed by atoms with Gasteiger partial charge in [-0.2, -0.15) is 5.10 Å². The van der Waals surface area contributed by atoms with Gasteiger partial charge in [0.15, 0.2) is 5.17 Å². The second-order valence-corrected chi connectivity index (χ2v) is 6.04. The molecule has 2 fully saturated rings. The van der Waals surface area contributed by atoms with Gasteiger partial charge in [-0.25, -0.2) is 4.79 Å². The van der Waals surface area contributed by atoms with Crippen LogP contribution in [0.2, 0.25) is 0 Å². The highest BCUT2D eigenvalue weighted by atomic mass is 32.2. The summed E-state index contributed by atoms with van der Waals surface area (Å²) in [6.45, 7) is 0. The molecule has 0 spiro atoms. The number of hydrogen-bond donors (Lipinski definition) is 1. The Kier molecular flexibility index (Phi) is 4.89. The molecule has 0 saturated carbocycles. The van der Waals surface area contributed by atoms with Crippen LogP contribution in [0.1, 0.15) is 28.8 Å². The Labute approximate surface area is 146 Å². The largest absolute Gasteiger partial charge is 0.363 e. The van der Waals surface area contributed by atoms with Crippen molar-refractivity contribution in [1.82, 2.24) is 10.4 Å². The summed E-state index contributed by atoms with van der Waals surface area (Å²) in [4.78, 5) is 50.9. The van der Waals surface area contributed by atoms with E-state index in [1.807, 2.05) is 0 Å². The molecule has 9 nitrogen and oxygen atoms in total. The Hall–Kier alpha value is -3.01. The lowest BCUT2D eigenvalue weighted by Crippen LogP contribution is -2.32. The minimum Gasteiger partial charge on any atom is -0.325 e. The van der Waals surface area contributed by atoms with E-state index in [9.17, 15) is 19.2 Å². The van der Waals surface area contributed by atoms with E-state index < -0.39 is 17.8 Å². The van der Waals surface area contributed by atoms with Gasteiger partial charge in [0.2, 0.25) is 5.91 Å². The van der Waals surface area contributed by atoms with Crippen LogP contribution in [0.4, 0.5) is 0 Å². The third-order valence-corrected chi connectivity index (χ3v) is 4.11. The second kappa shape index (κ2) is 7.26. The summed E-state index contributed by atoms with van der Waals surface area (Å²) in [6.07, 6.45) is 1.47. The molecule has 10 heteroatoms. The lowest BCUT2D eigenvalue weighted by Gasteiger charge is -2.12. The van der Waals surface area contributed by atoms with E-state index in [-0.39, 0.29) is 24.3 Å². The van der Waals surface area contributed by atoms with E-state index in [0.29, 0.717) is 21.5 Å². The molecule has 2 heterocycles. The third kappa shape index (κ3) is 4.10. The number of amidine groups is 1. The average Bonchev–Trinajstić information content (AvgIpc) is 3.15. The van der Waals surface area contributed by atoms with Gasteiger partial charge in [0.05, 0.1) is 17.5 Å². The van der Waals surface area contributed by atoms with Crippen LogP contribution in [0.3, 0.4) is 0 Å². The quantitative estimate of drug-likeness (QED) is 0.473. The SMILES string of the molecule is O=C1CSC(=NN=Cc2cccc(C(=O)ON3C(=O)CCC3=O)c2)N1. The molecule has 2 aliphatic rings.